The van der Waals surface area contributed by atoms with E-state index in [1.165, 1.54) is 11.9 Å². The van der Waals surface area contributed by atoms with Crippen molar-refractivity contribution in [1.29, 1.82) is 0 Å². The second-order valence-electron chi connectivity index (χ2n) is 9.15. The molecular weight excluding hydrogens is 404 g/mol. The summed E-state index contributed by atoms with van der Waals surface area (Å²) in [6.45, 7) is 8.09. The van der Waals surface area contributed by atoms with Crippen LogP contribution in [0.1, 0.15) is 64.0 Å². The van der Waals surface area contributed by atoms with Gasteiger partial charge in [0.15, 0.2) is 5.82 Å². The molecule has 1 amide bonds. The molecule has 1 fully saturated rings. The standard InChI is InChI=1S/C24H30N6O2/c1-5-18-10-11-20(28-18)29-22-27-14-26-21(30-22)16-8-9-17(19(12-16)15-6-7-15)13-25-23(31)32-24(2,3)4/h8-12,14-15,18H,5-7,13H2,1-4H3,(H,25,31)(H,26,27,28,29,30). The van der Waals surface area contributed by atoms with Crippen LogP contribution in [0.15, 0.2) is 41.7 Å². The minimum Gasteiger partial charge on any atom is -0.444 e. The summed E-state index contributed by atoms with van der Waals surface area (Å²) in [5.74, 6) is 2.34. The molecule has 32 heavy (non-hydrogen) atoms. The monoisotopic (exact) mass is 434 g/mol. The van der Waals surface area contributed by atoms with E-state index in [1.807, 2.05) is 39.0 Å². The van der Waals surface area contributed by atoms with Gasteiger partial charge in [-0.05, 0) is 69.2 Å². The Bertz CT molecular complexity index is 1050. The van der Waals surface area contributed by atoms with Crippen molar-refractivity contribution in [2.45, 2.75) is 71.1 Å². The van der Waals surface area contributed by atoms with Crippen LogP contribution in [0.3, 0.4) is 0 Å². The number of amides is 1. The third-order valence-electron chi connectivity index (χ3n) is 5.25. The van der Waals surface area contributed by atoms with E-state index in [0.29, 0.717) is 24.2 Å². The third kappa shape index (κ3) is 5.69. The first-order valence-electron chi connectivity index (χ1n) is 11.1. The predicted molar refractivity (Wildman–Crippen MR) is 125 cm³/mol. The highest BCUT2D eigenvalue weighted by atomic mass is 16.6. The molecule has 1 aliphatic heterocycles. The van der Waals surface area contributed by atoms with Gasteiger partial charge in [-0.15, -0.1) is 0 Å². The van der Waals surface area contributed by atoms with Crippen molar-refractivity contribution in [1.82, 2.24) is 20.3 Å². The largest absolute Gasteiger partial charge is 0.444 e. The van der Waals surface area contributed by atoms with Crippen LogP contribution in [0.25, 0.3) is 11.4 Å². The number of amidine groups is 1. The van der Waals surface area contributed by atoms with Crippen LogP contribution in [0.2, 0.25) is 0 Å². The number of anilines is 1. The summed E-state index contributed by atoms with van der Waals surface area (Å²) < 4.78 is 5.35. The molecule has 1 aromatic heterocycles. The van der Waals surface area contributed by atoms with E-state index < -0.39 is 11.7 Å². The maximum absolute atomic E-state index is 12.1. The number of nitrogens with zero attached hydrogens (tertiary/aromatic N) is 4. The van der Waals surface area contributed by atoms with Crippen molar-refractivity contribution in [3.63, 3.8) is 0 Å². The number of hydrogen-bond donors (Lipinski definition) is 2. The minimum atomic E-state index is -0.519. The smallest absolute Gasteiger partial charge is 0.407 e. The summed E-state index contributed by atoms with van der Waals surface area (Å²) in [4.78, 5) is 29.8. The van der Waals surface area contributed by atoms with E-state index in [2.05, 4.69) is 49.6 Å². The van der Waals surface area contributed by atoms with Gasteiger partial charge in [0.25, 0.3) is 0 Å². The average Bonchev–Trinajstić information content (AvgIpc) is 3.50. The normalized spacial score (nSPS) is 17.8. The van der Waals surface area contributed by atoms with Gasteiger partial charge in [-0.2, -0.15) is 4.98 Å². The lowest BCUT2D eigenvalue weighted by molar-refractivity contribution is 0.0523. The Kier molecular flexibility index (Phi) is 6.21. The Hall–Kier alpha value is -3.29. The highest BCUT2D eigenvalue weighted by molar-refractivity contribution is 6.04. The number of benzene rings is 1. The zero-order valence-corrected chi connectivity index (χ0v) is 19.1. The molecule has 0 saturated heterocycles. The minimum absolute atomic E-state index is 0.210. The summed E-state index contributed by atoms with van der Waals surface area (Å²) in [6.07, 6.45) is 8.38. The maximum atomic E-state index is 12.1. The average molecular weight is 435 g/mol. The number of carbonyl (C=O) groups is 1. The molecule has 0 spiro atoms. The zero-order valence-electron chi connectivity index (χ0n) is 19.1. The Morgan fingerprint density at radius 1 is 1.22 bits per heavy atom. The van der Waals surface area contributed by atoms with Gasteiger partial charge in [-0.3, -0.25) is 4.99 Å². The summed E-state index contributed by atoms with van der Waals surface area (Å²) in [5, 5.41) is 6.03. The predicted octanol–water partition coefficient (Wildman–Crippen LogP) is 4.60. The molecular formula is C24H30N6O2. The lowest BCUT2D eigenvalue weighted by Gasteiger charge is -2.20. The van der Waals surface area contributed by atoms with Crippen LogP contribution in [0.5, 0.6) is 0 Å². The Morgan fingerprint density at radius 3 is 2.72 bits per heavy atom. The molecule has 0 bridgehead atoms. The summed E-state index contributed by atoms with van der Waals surface area (Å²) in [7, 11) is 0. The second kappa shape index (κ2) is 9.06. The molecule has 4 rings (SSSR count). The van der Waals surface area contributed by atoms with E-state index in [1.54, 1.807) is 0 Å². The number of alkyl carbamates (subject to hydrolysis) is 1. The molecule has 0 radical (unpaired) electrons. The molecule has 1 atom stereocenters. The number of ether oxygens (including phenoxy) is 1. The number of carbonyl (C=O) groups excluding carboxylic acids is 1. The molecule has 1 aliphatic carbocycles. The van der Waals surface area contributed by atoms with Gasteiger partial charge in [-0.1, -0.05) is 25.1 Å². The van der Waals surface area contributed by atoms with Crippen LogP contribution in [0, 0.1) is 0 Å². The van der Waals surface area contributed by atoms with Gasteiger partial charge in [0.05, 0.1) is 6.04 Å². The molecule has 8 heteroatoms. The number of aliphatic imine (C=N–C) groups is 1. The fraction of sp³-hybridized carbons (Fsp3) is 0.458. The summed E-state index contributed by atoms with van der Waals surface area (Å²) >= 11 is 0. The van der Waals surface area contributed by atoms with Crippen molar-refractivity contribution < 1.29 is 9.53 Å². The number of hydrogen-bond acceptors (Lipinski definition) is 7. The number of aromatic nitrogens is 3. The second-order valence-corrected chi connectivity index (χ2v) is 9.15. The lowest BCUT2D eigenvalue weighted by atomic mass is 9.99. The van der Waals surface area contributed by atoms with Gasteiger partial charge < -0.3 is 15.4 Å². The summed E-state index contributed by atoms with van der Waals surface area (Å²) in [6, 6.07) is 6.36. The van der Waals surface area contributed by atoms with Crippen molar-refractivity contribution in [3.8, 4) is 11.4 Å². The zero-order chi connectivity index (χ0) is 22.7. The molecule has 2 N–H and O–H groups in total. The molecule has 1 aromatic carbocycles. The van der Waals surface area contributed by atoms with Crippen molar-refractivity contribution in [2.75, 3.05) is 5.32 Å². The SMILES string of the molecule is CCC1C=CC(Nc2ncnc(-c3ccc(CNC(=O)OC(C)(C)C)c(C4CC4)c3)n2)=N1. The Morgan fingerprint density at radius 2 is 2.03 bits per heavy atom. The highest BCUT2D eigenvalue weighted by Gasteiger charge is 2.27. The van der Waals surface area contributed by atoms with Gasteiger partial charge in [0.1, 0.15) is 17.8 Å². The third-order valence-corrected chi connectivity index (χ3v) is 5.25. The van der Waals surface area contributed by atoms with Crippen LogP contribution >= 0.6 is 0 Å². The van der Waals surface area contributed by atoms with Crippen molar-refractivity contribution >= 4 is 17.9 Å². The lowest BCUT2D eigenvalue weighted by Crippen LogP contribution is -2.32. The molecule has 168 valence electrons. The van der Waals surface area contributed by atoms with Crippen LogP contribution in [-0.2, 0) is 11.3 Å². The van der Waals surface area contributed by atoms with Gasteiger partial charge in [0.2, 0.25) is 5.95 Å². The first kappa shape index (κ1) is 21.9. The highest BCUT2D eigenvalue weighted by Crippen LogP contribution is 2.42. The molecule has 1 saturated carbocycles. The van der Waals surface area contributed by atoms with E-state index in [-0.39, 0.29) is 6.04 Å². The number of nitrogens with one attached hydrogen (secondary N) is 2. The van der Waals surface area contributed by atoms with Crippen molar-refractivity contribution in [3.05, 3.63) is 47.8 Å². The van der Waals surface area contributed by atoms with Crippen LogP contribution in [0.4, 0.5) is 10.7 Å². The van der Waals surface area contributed by atoms with Crippen LogP contribution in [-0.4, -0.2) is 38.5 Å². The molecule has 2 aromatic rings. The van der Waals surface area contributed by atoms with E-state index in [9.17, 15) is 4.79 Å². The van der Waals surface area contributed by atoms with E-state index >= 15 is 0 Å². The molecule has 2 aliphatic rings. The fourth-order valence-corrected chi connectivity index (χ4v) is 3.53. The number of rotatable bonds is 6. The fourth-order valence-electron chi connectivity index (χ4n) is 3.53. The summed E-state index contributed by atoms with van der Waals surface area (Å²) in [5.41, 5.74) is 2.72. The van der Waals surface area contributed by atoms with Gasteiger partial charge in [0, 0.05) is 12.1 Å². The van der Waals surface area contributed by atoms with E-state index in [0.717, 1.165) is 36.2 Å². The molecule has 2 heterocycles. The Labute approximate surface area is 188 Å². The Balaban J connectivity index is 1.49. The quantitative estimate of drug-likeness (QED) is 0.689. The van der Waals surface area contributed by atoms with Crippen molar-refractivity contribution in [2.24, 2.45) is 4.99 Å². The van der Waals surface area contributed by atoms with Crippen LogP contribution < -0.4 is 10.6 Å². The molecule has 1 unspecified atom stereocenters. The molecule has 8 nitrogen and oxygen atoms in total. The topological polar surface area (TPSA) is 101 Å². The maximum Gasteiger partial charge on any atom is 0.407 e. The van der Waals surface area contributed by atoms with E-state index in [4.69, 9.17) is 4.74 Å². The first-order valence-corrected chi connectivity index (χ1v) is 11.1. The van der Waals surface area contributed by atoms with Gasteiger partial charge in [-0.25, -0.2) is 14.8 Å². The van der Waals surface area contributed by atoms with Gasteiger partial charge >= 0.3 is 6.09 Å². The first-order chi connectivity index (χ1) is 15.3.